The van der Waals surface area contributed by atoms with Gasteiger partial charge >= 0.3 is 12.1 Å². The van der Waals surface area contributed by atoms with Crippen LogP contribution in [0, 0.1) is 0 Å². The highest BCUT2D eigenvalue weighted by atomic mass is 19.4. The van der Waals surface area contributed by atoms with Crippen LogP contribution in [0.25, 0.3) is 27.5 Å². The van der Waals surface area contributed by atoms with Crippen molar-refractivity contribution in [1.82, 2.24) is 4.57 Å². The average Bonchev–Trinajstić information content (AvgIpc) is 3.29. The molecule has 4 aromatic rings. The molecular weight excluding hydrogens is 553 g/mol. The maximum absolute atomic E-state index is 13.7. The number of benzene rings is 3. The molecule has 0 aliphatic rings. The standard InChI is InChI=1S/C35H39F3N2O3/c1-6-8-9-10-11-30(39-43-23(3)41)33(42)24-12-18-31-28(21-24)29-22-26(34(4,5)20-7-2)15-19-32(29)40(31)27-16-13-25(14-17-27)35(36,37)38/h12-19,21-22H,6-11,20H2,1-5H3. The highest BCUT2D eigenvalue weighted by molar-refractivity contribution is 6.46. The second-order valence-corrected chi connectivity index (χ2v) is 11.7. The molecule has 0 saturated heterocycles. The van der Waals surface area contributed by atoms with Crippen molar-refractivity contribution in [3.63, 3.8) is 0 Å². The van der Waals surface area contributed by atoms with Crippen molar-refractivity contribution in [1.29, 1.82) is 0 Å². The maximum atomic E-state index is 13.7. The molecule has 1 heterocycles. The molecule has 0 saturated carbocycles. The molecule has 3 aromatic carbocycles. The van der Waals surface area contributed by atoms with Crippen LogP contribution in [0.15, 0.2) is 65.8 Å². The zero-order valence-corrected chi connectivity index (χ0v) is 25.5. The van der Waals surface area contributed by atoms with Crippen molar-refractivity contribution in [3.8, 4) is 5.69 Å². The van der Waals surface area contributed by atoms with Crippen LogP contribution in [0.4, 0.5) is 13.2 Å². The molecule has 0 amide bonds. The lowest BCUT2D eigenvalue weighted by molar-refractivity contribution is -0.141. The van der Waals surface area contributed by atoms with E-state index in [-0.39, 0.29) is 16.9 Å². The first-order chi connectivity index (χ1) is 20.4. The van der Waals surface area contributed by atoms with Gasteiger partial charge in [-0.05, 0) is 84.8 Å². The summed E-state index contributed by atoms with van der Waals surface area (Å²) in [6.45, 7) is 9.87. The van der Waals surface area contributed by atoms with Crippen molar-refractivity contribution in [2.24, 2.45) is 5.16 Å². The molecule has 0 radical (unpaired) electrons. The van der Waals surface area contributed by atoms with Crippen LogP contribution in [0.1, 0.15) is 101 Å². The molecule has 0 unspecified atom stereocenters. The lowest BCUT2D eigenvalue weighted by Gasteiger charge is -2.25. The van der Waals surface area contributed by atoms with E-state index in [1.165, 1.54) is 19.1 Å². The predicted octanol–water partition coefficient (Wildman–Crippen LogP) is 9.95. The largest absolute Gasteiger partial charge is 0.416 e. The Hall–Kier alpha value is -3.94. The summed E-state index contributed by atoms with van der Waals surface area (Å²) in [6.07, 6.45) is 1.68. The van der Waals surface area contributed by atoms with Gasteiger partial charge in [0.05, 0.1) is 16.6 Å². The number of carbonyl (C=O) groups is 2. The summed E-state index contributed by atoms with van der Waals surface area (Å²) < 4.78 is 41.9. The van der Waals surface area contributed by atoms with E-state index in [0.29, 0.717) is 17.7 Å². The molecule has 5 nitrogen and oxygen atoms in total. The first-order valence-electron chi connectivity index (χ1n) is 14.9. The van der Waals surface area contributed by atoms with Crippen molar-refractivity contribution in [2.75, 3.05) is 0 Å². The fourth-order valence-corrected chi connectivity index (χ4v) is 5.64. The summed E-state index contributed by atoms with van der Waals surface area (Å²) in [4.78, 5) is 30.0. The SMILES string of the molecule is CCCCCCC(=NOC(C)=O)C(=O)c1ccc2c(c1)c1cc(C(C)(C)CCC)ccc1n2-c1ccc(C(F)(F)F)cc1. The molecular formula is C35H39F3N2O3. The van der Waals surface area contributed by atoms with Crippen molar-refractivity contribution < 1.29 is 27.6 Å². The molecule has 8 heteroatoms. The molecule has 0 aliphatic heterocycles. The van der Waals surface area contributed by atoms with Crippen LogP contribution < -0.4 is 0 Å². The number of aromatic nitrogens is 1. The Bertz CT molecular complexity index is 1650. The summed E-state index contributed by atoms with van der Waals surface area (Å²) in [5.74, 6) is -0.923. The van der Waals surface area contributed by atoms with Gasteiger partial charge in [-0.15, -0.1) is 0 Å². The van der Waals surface area contributed by atoms with Crippen LogP contribution in [0.2, 0.25) is 0 Å². The number of oxime groups is 1. The molecule has 228 valence electrons. The quantitative estimate of drug-likeness (QED) is 0.0541. The number of unbranched alkanes of at least 4 members (excludes halogenated alkanes) is 3. The van der Waals surface area contributed by atoms with E-state index in [9.17, 15) is 22.8 Å². The number of carbonyl (C=O) groups excluding carboxylic acids is 2. The van der Waals surface area contributed by atoms with Gasteiger partial charge in [-0.3, -0.25) is 4.79 Å². The number of hydrogen-bond acceptors (Lipinski definition) is 4. The third-order valence-electron chi connectivity index (χ3n) is 7.95. The summed E-state index contributed by atoms with van der Waals surface area (Å²) in [5, 5.41) is 5.60. The average molecular weight is 593 g/mol. The first-order valence-corrected chi connectivity index (χ1v) is 14.9. The summed E-state index contributed by atoms with van der Waals surface area (Å²) in [6, 6.07) is 16.6. The van der Waals surface area contributed by atoms with E-state index < -0.39 is 17.7 Å². The zero-order chi connectivity index (χ0) is 31.4. The Balaban J connectivity index is 1.89. The minimum absolute atomic E-state index is 0.0957. The van der Waals surface area contributed by atoms with Crippen molar-refractivity contribution in [3.05, 3.63) is 77.4 Å². The van der Waals surface area contributed by atoms with E-state index in [0.717, 1.165) is 78.0 Å². The third-order valence-corrected chi connectivity index (χ3v) is 7.95. The van der Waals surface area contributed by atoms with E-state index in [1.54, 1.807) is 6.07 Å². The number of fused-ring (bicyclic) bond motifs is 3. The topological polar surface area (TPSA) is 60.7 Å². The zero-order valence-electron chi connectivity index (χ0n) is 25.5. The van der Waals surface area contributed by atoms with E-state index in [4.69, 9.17) is 4.84 Å². The van der Waals surface area contributed by atoms with Crippen molar-refractivity contribution >= 4 is 39.3 Å². The van der Waals surface area contributed by atoms with Gasteiger partial charge in [-0.1, -0.05) is 64.6 Å². The second-order valence-electron chi connectivity index (χ2n) is 11.7. The van der Waals surface area contributed by atoms with Crippen LogP contribution >= 0.6 is 0 Å². The molecule has 1 aromatic heterocycles. The number of hydrogen-bond donors (Lipinski definition) is 0. The van der Waals surface area contributed by atoms with Crippen LogP contribution in [-0.2, 0) is 21.2 Å². The Morgan fingerprint density at radius 1 is 0.814 bits per heavy atom. The summed E-state index contributed by atoms with van der Waals surface area (Å²) >= 11 is 0. The Morgan fingerprint density at radius 2 is 1.44 bits per heavy atom. The lowest BCUT2D eigenvalue weighted by atomic mass is 9.80. The van der Waals surface area contributed by atoms with Gasteiger partial charge in [0.1, 0.15) is 5.71 Å². The number of ketones is 1. The van der Waals surface area contributed by atoms with Gasteiger partial charge in [0, 0.05) is 28.9 Å². The van der Waals surface area contributed by atoms with Gasteiger partial charge in [0.15, 0.2) is 0 Å². The van der Waals surface area contributed by atoms with Crippen LogP contribution in [0.3, 0.4) is 0 Å². The molecule has 0 atom stereocenters. The number of nitrogens with zero attached hydrogens (tertiary/aromatic N) is 2. The van der Waals surface area contributed by atoms with E-state index in [1.807, 2.05) is 22.8 Å². The van der Waals surface area contributed by atoms with Gasteiger partial charge in [0.25, 0.3) is 0 Å². The number of rotatable bonds is 12. The molecule has 0 bridgehead atoms. The molecule has 0 N–H and O–H groups in total. The highest BCUT2D eigenvalue weighted by Crippen LogP contribution is 2.38. The molecule has 0 aliphatic carbocycles. The molecule has 43 heavy (non-hydrogen) atoms. The summed E-state index contributed by atoms with van der Waals surface area (Å²) in [5.41, 5.74) is 3.08. The van der Waals surface area contributed by atoms with Gasteiger partial charge in [-0.25, -0.2) is 4.79 Å². The Morgan fingerprint density at radius 3 is 2.05 bits per heavy atom. The minimum atomic E-state index is -4.43. The fourth-order valence-electron chi connectivity index (χ4n) is 5.64. The van der Waals surface area contributed by atoms with E-state index in [2.05, 4.69) is 45.0 Å². The van der Waals surface area contributed by atoms with Crippen molar-refractivity contribution in [2.45, 2.75) is 91.2 Å². The third kappa shape index (κ3) is 7.17. The monoisotopic (exact) mass is 592 g/mol. The maximum Gasteiger partial charge on any atom is 0.416 e. The lowest BCUT2D eigenvalue weighted by Crippen LogP contribution is -2.16. The van der Waals surface area contributed by atoms with Gasteiger partial charge < -0.3 is 9.40 Å². The van der Waals surface area contributed by atoms with E-state index >= 15 is 0 Å². The Labute approximate surface area is 250 Å². The van der Waals surface area contributed by atoms with Gasteiger partial charge in [0.2, 0.25) is 5.78 Å². The predicted molar refractivity (Wildman–Crippen MR) is 166 cm³/mol. The molecule has 4 rings (SSSR count). The number of alkyl halides is 3. The summed E-state index contributed by atoms with van der Waals surface area (Å²) in [7, 11) is 0. The van der Waals surface area contributed by atoms with Crippen LogP contribution in [0.5, 0.6) is 0 Å². The first kappa shape index (κ1) is 32.0. The highest BCUT2D eigenvalue weighted by Gasteiger charge is 2.30. The second kappa shape index (κ2) is 13.1. The fraction of sp³-hybridized carbons (Fsp3) is 0.400. The van der Waals surface area contributed by atoms with Gasteiger partial charge in [-0.2, -0.15) is 13.2 Å². The minimum Gasteiger partial charge on any atom is -0.318 e. The normalized spacial score (nSPS) is 12.7. The molecule has 0 spiro atoms. The smallest absolute Gasteiger partial charge is 0.318 e. The van der Waals surface area contributed by atoms with Crippen LogP contribution in [-0.4, -0.2) is 22.0 Å². The Kier molecular flexibility index (Phi) is 9.78. The molecule has 0 fully saturated rings. The number of halogens is 3. The number of Topliss-reactive ketones (excluding diaryl/α,β-unsaturated/α-hetero) is 1.